The Morgan fingerprint density at radius 3 is 2.86 bits per heavy atom. The number of hydrogen-bond acceptors (Lipinski definition) is 4. The smallest absolute Gasteiger partial charge is 0.246 e. The van der Waals surface area contributed by atoms with Crippen molar-refractivity contribution in [1.82, 2.24) is 23.6 Å². The molecule has 0 aromatic carbocycles. The first-order valence-corrected chi connectivity index (χ1v) is 8.41. The summed E-state index contributed by atoms with van der Waals surface area (Å²) in [6.07, 6.45) is 8.35. The molecule has 0 unspecified atom stereocenters. The van der Waals surface area contributed by atoms with Crippen LogP contribution in [-0.4, -0.2) is 44.6 Å². The van der Waals surface area contributed by atoms with Gasteiger partial charge in [0.15, 0.2) is 0 Å². The van der Waals surface area contributed by atoms with Crippen LogP contribution < -0.4 is 0 Å². The molecule has 8 heteroatoms. The first-order valence-electron chi connectivity index (χ1n) is 6.97. The SMILES string of the molecule is Cc1nccn1C[C@@H]1CCCN1S(=O)(=O)c1cnn(C)c1. The molecule has 7 nitrogen and oxygen atoms in total. The van der Waals surface area contributed by atoms with E-state index in [0.29, 0.717) is 13.1 Å². The number of sulfonamides is 1. The van der Waals surface area contributed by atoms with Gasteiger partial charge in [0.05, 0.1) is 6.20 Å². The normalized spacial score (nSPS) is 20.2. The van der Waals surface area contributed by atoms with Gasteiger partial charge in [0.1, 0.15) is 10.7 Å². The molecule has 114 valence electrons. The molecule has 2 aromatic heterocycles. The number of imidazole rings is 1. The number of hydrogen-bond donors (Lipinski definition) is 0. The van der Waals surface area contributed by atoms with E-state index in [1.165, 1.54) is 10.9 Å². The number of nitrogens with zero attached hydrogens (tertiary/aromatic N) is 5. The van der Waals surface area contributed by atoms with E-state index < -0.39 is 10.0 Å². The summed E-state index contributed by atoms with van der Waals surface area (Å²) >= 11 is 0. The van der Waals surface area contributed by atoms with E-state index in [1.807, 2.05) is 17.7 Å². The third kappa shape index (κ3) is 2.60. The van der Waals surface area contributed by atoms with Gasteiger partial charge in [-0.2, -0.15) is 9.40 Å². The van der Waals surface area contributed by atoms with Gasteiger partial charge in [0, 0.05) is 44.8 Å². The van der Waals surface area contributed by atoms with Gasteiger partial charge in [0.2, 0.25) is 10.0 Å². The number of aromatic nitrogens is 4. The quantitative estimate of drug-likeness (QED) is 0.836. The Bertz CT molecular complexity index is 733. The Kier molecular flexibility index (Phi) is 3.58. The number of aryl methyl sites for hydroxylation is 2. The van der Waals surface area contributed by atoms with Crippen molar-refractivity contribution in [2.45, 2.75) is 37.2 Å². The van der Waals surface area contributed by atoms with Crippen molar-refractivity contribution in [2.24, 2.45) is 7.05 Å². The molecule has 3 rings (SSSR count). The van der Waals surface area contributed by atoms with Crippen molar-refractivity contribution in [3.63, 3.8) is 0 Å². The summed E-state index contributed by atoms with van der Waals surface area (Å²) in [7, 11) is -1.75. The van der Waals surface area contributed by atoms with E-state index >= 15 is 0 Å². The zero-order chi connectivity index (χ0) is 15.0. The van der Waals surface area contributed by atoms with Gasteiger partial charge in [-0.05, 0) is 19.8 Å². The standard InChI is InChI=1S/C13H19N5O2S/c1-11-14-5-7-17(11)9-12-4-3-6-18(12)21(19,20)13-8-15-16(2)10-13/h5,7-8,10,12H,3-4,6,9H2,1-2H3/t12-/m0/s1. The van der Waals surface area contributed by atoms with E-state index in [2.05, 4.69) is 10.1 Å². The minimum absolute atomic E-state index is 0.0249. The highest BCUT2D eigenvalue weighted by atomic mass is 32.2. The van der Waals surface area contributed by atoms with Gasteiger partial charge in [-0.25, -0.2) is 13.4 Å². The van der Waals surface area contributed by atoms with Crippen LogP contribution in [0.2, 0.25) is 0 Å². The van der Waals surface area contributed by atoms with Crippen molar-refractivity contribution in [3.8, 4) is 0 Å². The molecule has 2 aromatic rings. The van der Waals surface area contributed by atoms with Crippen molar-refractivity contribution in [1.29, 1.82) is 0 Å². The summed E-state index contributed by atoms with van der Waals surface area (Å²) < 4.78 is 30.6. The maximum Gasteiger partial charge on any atom is 0.246 e. The lowest BCUT2D eigenvalue weighted by Gasteiger charge is -2.24. The zero-order valence-corrected chi connectivity index (χ0v) is 13.0. The highest BCUT2D eigenvalue weighted by Crippen LogP contribution is 2.26. The van der Waals surface area contributed by atoms with Crippen molar-refractivity contribution < 1.29 is 8.42 Å². The van der Waals surface area contributed by atoms with Gasteiger partial charge in [-0.15, -0.1) is 0 Å². The van der Waals surface area contributed by atoms with Crippen LogP contribution in [0.5, 0.6) is 0 Å². The summed E-state index contributed by atoms with van der Waals surface area (Å²) in [5.74, 6) is 0.903. The highest BCUT2D eigenvalue weighted by molar-refractivity contribution is 7.89. The van der Waals surface area contributed by atoms with E-state index in [1.54, 1.807) is 23.7 Å². The Balaban J connectivity index is 1.85. The first-order chi connectivity index (χ1) is 9.98. The van der Waals surface area contributed by atoms with Crippen LogP contribution in [-0.2, 0) is 23.6 Å². The molecule has 1 atom stereocenters. The molecule has 3 heterocycles. The maximum atomic E-state index is 12.7. The third-order valence-electron chi connectivity index (χ3n) is 3.94. The summed E-state index contributed by atoms with van der Waals surface area (Å²) in [5.41, 5.74) is 0. The molecule has 21 heavy (non-hydrogen) atoms. The van der Waals surface area contributed by atoms with Crippen LogP contribution in [0.4, 0.5) is 0 Å². The predicted octanol–water partition coefficient (Wildman–Crippen LogP) is 0.778. The first kappa shape index (κ1) is 14.3. The van der Waals surface area contributed by atoms with Crippen LogP contribution in [0.25, 0.3) is 0 Å². The molecular formula is C13H19N5O2S. The Hall–Kier alpha value is -1.67. The molecular weight excluding hydrogens is 290 g/mol. The van der Waals surface area contributed by atoms with Gasteiger partial charge in [0.25, 0.3) is 0 Å². The fourth-order valence-corrected chi connectivity index (χ4v) is 4.47. The largest absolute Gasteiger partial charge is 0.334 e. The van der Waals surface area contributed by atoms with Gasteiger partial charge in [-0.3, -0.25) is 4.68 Å². The van der Waals surface area contributed by atoms with Gasteiger partial charge in [-0.1, -0.05) is 0 Å². The molecule has 1 fully saturated rings. The molecule has 0 amide bonds. The van der Waals surface area contributed by atoms with E-state index in [4.69, 9.17) is 0 Å². The fourth-order valence-electron chi connectivity index (χ4n) is 2.80. The van der Waals surface area contributed by atoms with Crippen LogP contribution in [0.1, 0.15) is 18.7 Å². The zero-order valence-electron chi connectivity index (χ0n) is 12.2. The number of rotatable bonds is 4. The monoisotopic (exact) mass is 309 g/mol. The van der Waals surface area contributed by atoms with E-state index in [9.17, 15) is 8.42 Å². The molecule has 0 aliphatic carbocycles. The van der Waals surface area contributed by atoms with Crippen molar-refractivity contribution in [3.05, 3.63) is 30.6 Å². The van der Waals surface area contributed by atoms with Gasteiger partial charge < -0.3 is 4.57 Å². The molecule has 1 saturated heterocycles. The maximum absolute atomic E-state index is 12.7. The predicted molar refractivity (Wildman–Crippen MR) is 77.1 cm³/mol. The summed E-state index contributed by atoms with van der Waals surface area (Å²) in [4.78, 5) is 4.45. The van der Waals surface area contributed by atoms with Gasteiger partial charge >= 0.3 is 0 Å². The average Bonchev–Trinajstić information content (AvgIpc) is 3.13. The van der Waals surface area contributed by atoms with Crippen LogP contribution in [0.15, 0.2) is 29.7 Å². The second kappa shape index (κ2) is 5.27. The molecule has 0 saturated carbocycles. The molecule has 1 aliphatic rings. The van der Waals surface area contributed by atoms with Crippen LogP contribution in [0.3, 0.4) is 0 Å². The molecule has 0 N–H and O–H groups in total. The average molecular weight is 309 g/mol. The Labute approximate surface area is 124 Å². The minimum atomic E-state index is -3.47. The summed E-state index contributed by atoms with van der Waals surface area (Å²) in [5, 5.41) is 3.96. The van der Waals surface area contributed by atoms with E-state index in [-0.39, 0.29) is 10.9 Å². The molecule has 0 radical (unpaired) electrons. The summed E-state index contributed by atoms with van der Waals surface area (Å²) in [6.45, 7) is 3.13. The highest BCUT2D eigenvalue weighted by Gasteiger charge is 2.36. The molecule has 0 spiro atoms. The Morgan fingerprint density at radius 1 is 1.43 bits per heavy atom. The summed E-state index contributed by atoms with van der Waals surface area (Å²) in [6, 6.07) is -0.0249. The third-order valence-corrected chi connectivity index (χ3v) is 5.85. The lowest BCUT2D eigenvalue weighted by Crippen LogP contribution is -2.38. The second-order valence-electron chi connectivity index (χ2n) is 5.39. The van der Waals surface area contributed by atoms with Crippen LogP contribution >= 0.6 is 0 Å². The molecule has 1 aliphatic heterocycles. The molecule has 0 bridgehead atoms. The van der Waals surface area contributed by atoms with Crippen molar-refractivity contribution in [2.75, 3.05) is 6.54 Å². The second-order valence-corrected chi connectivity index (χ2v) is 7.28. The lowest BCUT2D eigenvalue weighted by atomic mass is 10.2. The Morgan fingerprint density at radius 2 is 2.24 bits per heavy atom. The van der Waals surface area contributed by atoms with Crippen LogP contribution in [0, 0.1) is 6.92 Å². The van der Waals surface area contributed by atoms with Crippen molar-refractivity contribution >= 4 is 10.0 Å². The lowest BCUT2D eigenvalue weighted by molar-refractivity contribution is 0.350. The fraction of sp³-hybridized carbons (Fsp3) is 0.538. The van der Waals surface area contributed by atoms with E-state index in [0.717, 1.165) is 18.7 Å². The topological polar surface area (TPSA) is 73.0 Å². The minimum Gasteiger partial charge on any atom is -0.334 e.